The summed E-state index contributed by atoms with van der Waals surface area (Å²) >= 11 is 0. The molecule has 0 atom stereocenters. The van der Waals surface area contributed by atoms with Gasteiger partial charge in [0.05, 0.1) is 12.2 Å². The first kappa shape index (κ1) is 17.5. The first-order valence-electron chi connectivity index (χ1n) is 7.76. The Morgan fingerprint density at radius 1 is 1.29 bits per heavy atom. The van der Waals surface area contributed by atoms with E-state index in [9.17, 15) is 9.59 Å². The fourth-order valence-electron chi connectivity index (χ4n) is 2.53. The first-order valence-corrected chi connectivity index (χ1v) is 7.76. The summed E-state index contributed by atoms with van der Waals surface area (Å²) in [6.07, 6.45) is 3.20. The first-order chi connectivity index (χ1) is 9.88. The third-order valence-electron chi connectivity index (χ3n) is 3.66. The maximum absolute atomic E-state index is 12.1. The highest BCUT2D eigenvalue weighted by Crippen LogP contribution is 2.14. The van der Waals surface area contributed by atoms with Crippen molar-refractivity contribution in [2.45, 2.75) is 60.4 Å². The highest BCUT2D eigenvalue weighted by molar-refractivity contribution is 5.92. The van der Waals surface area contributed by atoms with E-state index in [0.29, 0.717) is 35.9 Å². The lowest BCUT2D eigenvalue weighted by Gasteiger charge is -2.15. The quantitative estimate of drug-likeness (QED) is 0.571. The number of hydrogen-bond donors (Lipinski definition) is 0. The fourth-order valence-corrected chi connectivity index (χ4v) is 2.53. The van der Waals surface area contributed by atoms with Gasteiger partial charge in [0, 0.05) is 18.3 Å². The summed E-state index contributed by atoms with van der Waals surface area (Å²) in [6.45, 7) is 10.8. The Hall–Kier alpha value is -1.58. The SMILES string of the molecule is CCOC(=O)c1c(C)cc(=O)n(CCCCC(C)C)c1C. The summed E-state index contributed by atoms with van der Waals surface area (Å²) in [5.74, 6) is 0.333. The second-order valence-electron chi connectivity index (χ2n) is 5.89. The van der Waals surface area contributed by atoms with Gasteiger partial charge in [0.1, 0.15) is 0 Å². The molecule has 0 unspecified atom stereocenters. The van der Waals surface area contributed by atoms with Gasteiger partial charge in [0.25, 0.3) is 5.56 Å². The molecular weight excluding hydrogens is 266 g/mol. The van der Waals surface area contributed by atoms with Crippen molar-refractivity contribution in [1.82, 2.24) is 4.57 Å². The number of esters is 1. The number of carbonyl (C=O) groups is 1. The largest absolute Gasteiger partial charge is 0.462 e. The third-order valence-corrected chi connectivity index (χ3v) is 3.66. The minimum atomic E-state index is -0.344. The van der Waals surface area contributed by atoms with E-state index in [-0.39, 0.29) is 11.5 Å². The number of nitrogens with zero attached hydrogens (tertiary/aromatic N) is 1. The van der Waals surface area contributed by atoms with Gasteiger partial charge in [0.2, 0.25) is 0 Å². The number of aryl methyl sites for hydroxylation is 1. The van der Waals surface area contributed by atoms with Crippen LogP contribution in [0.15, 0.2) is 10.9 Å². The highest BCUT2D eigenvalue weighted by atomic mass is 16.5. The summed E-state index contributed by atoms with van der Waals surface area (Å²) in [4.78, 5) is 24.2. The van der Waals surface area contributed by atoms with Crippen LogP contribution < -0.4 is 5.56 Å². The molecule has 1 heterocycles. The molecule has 0 bridgehead atoms. The average molecular weight is 293 g/mol. The van der Waals surface area contributed by atoms with Crippen molar-refractivity contribution in [3.8, 4) is 0 Å². The number of rotatable bonds is 7. The Labute approximate surface area is 127 Å². The van der Waals surface area contributed by atoms with E-state index in [4.69, 9.17) is 4.74 Å². The van der Waals surface area contributed by atoms with Crippen molar-refractivity contribution < 1.29 is 9.53 Å². The zero-order chi connectivity index (χ0) is 16.0. The number of unbranched alkanes of at least 4 members (excludes halogenated alkanes) is 1. The molecule has 4 nitrogen and oxygen atoms in total. The van der Waals surface area contributed by atoms with Crippen LogP contribution in [0.2, 0.25) is 0 Å². The molecule has 118 valence electrons. The summed E-state index contributed by atoms with van der Waals surface area (Å²) in [5, 5.41) is 0. The summed E-state index contributed by atoms with van der Waals surface area (Å²) in [5.41, 5.74) is 1.89. The van der Waals surface area contributed by atoms with E-state index < -0.39 is 0 Å². The Bertz CT molecular complexity index is 544. The third kappa shape index (κ3) is 4.73. The summed E-state index contributed by atoms with van der Waals surface area (Å²) in [7, 11) is 0. The van der Waals surface area contributed by atoms with Gasteiger partial charge in [-0.05, 0) is 38.7 Å². The summed E-state index contributed by atoms with van der Waals surface area (Å²) < 4.78 is 6.78. The topological polar surface area (TPSA) is 48.3 Å². The zero-order valence-corrected chi connectivity index (χ0v) is 13.9. The van der Waals surface area contributed by atoms with E-state index in [0.717, 1.165) is 19.3 Å². The lowest BCUT2D eigenvalue weighted by molar-refractivity contribution is 0.0523. The van der Waals surface area contributed by atoms with Gasteiger partial charge in [-0.15, -0.1) is 0 Å². The summed E-state index contributed by atoms with van der Waals surface area (Å²) in [6, 6.07) is 1.53. The van der Waals surface area contributed by atoms with E-state index in [1.54, 1.807) is 18.4 Å². The van der Waals surface area contributed by atoms with E-state index in [2.05, 4.69) is 13.8 Å². The molecule has 0 N–H and O–H groups in total. The average Bonchev–Trinajstić information content (AvgIpc) is 2.37. The molecule has 1 aromatic rings. The number of ether oxygens (including phenoxy) is 1. The lowest BCUT2D eigenvalue weighted by Crippen LogP contribution is -2.26. The predicted octanol–water partition coefficient (Wildman–Crippen LogP) is 3.47. The molecule has 21 heavy (non-hydrogen) atoms. The lowest BCUT2D eigenvalue weighted by atomic mass is 10.1. The molecular formula is C17H27NO3. The molecule has 4 heteroatoms. The van der Waals surface area contributed by atoms with Gasteiger partial charge in [-0.3, -0.25) is 4.79 Å². The van der Waals surface area contributed by atoms with E-state index in [1.165, 1.54) is 6.07 Å². The molecule has 0 spiro atoms. The molecule has 0 aliphatic heterocycles. The van der Waals surface area contributed by atoms with Crippen LogP contribution in [-0.4, -0.2) is 17.1 Å². The van der Waals surface area contributed by atoms with Crippen LogP contribution >= 0.6 is 0 Å². The van der Waals surface area contributed by atoms with Crippen LogP contribution in [-0.2, 0) is 11.3 Å². The van der Waals surface area contributed by atoms with Crippen molar-refractivity contribution in [2.24, 2.45) is 5.92 Å². The van der Waals surface area contributed by atoms with E-state index in [1.807, 2.05) is 6.92 Å². The molecule has 1 rings (SSSR count). The van der Waals surface area contributed by atoms with Crippen LogP contribution in [0, 0.1) is 19.8 Å². The van der Waals surface area contributed by atoms with E-state index >= 15 is 0 Å². The number of pyridine rings is 1. The molecule has 0 aliphatic carbocycles. The van der Waals surface area contributed by atoms with Crippen LogP contribution in [0.25, 0.3) is 0 Å². The minimum absolute atomic E-state index is 0.0393. The van der Waals surface area contributed by atoms with Gasteiger partial charge in [0.15, 0.2) is 0 Å². The second kappa shape index (κ2) is 8.01. The van der Waals surface area contributed by atoms with Crippen molar-refractivity contribution in [3.63, 3.8) is 0 Å². The standard InChI is InChI=1S/C17H27NO3/c1-6-21-17(20)16-13(4)11-15(19)18(14(16)5)10-8-7-9-12(2)3/h11-12H,6-10H2,1-5H3. The van der Waals surface area contributed by atoms with Crippen LogP contribution in [0.3, 0.4) is 0 Å². The molecule has 0 amide bonds. The van der Waals surface area contributed by atoms with Crippen LogP contribution in [0.4, 0.5) is 0 Å². The molecule has 0 radical (unpaired) electrons. The molecule has 0 saturated carbocycles. The Morgan fingerprint density at radius 3 is 2.52 bits per heavy atom. The van der Waals surface area contributed by atoms with Gasteiger partial charge >= 0.3 is 5.97 Å². The molecule has 0 saturated heterocycles. The Kier molecular flexibility index (Phi) is 6.66. The predicted molar refractivity (Wildman–Crippen MR) is 84.8 cm³/mol. The molecule has 1 aromatic heterocycles. The van der Waals surface area contributed by atoms with Crippen molar-refractivity contribution in [3.05, 3.63) is 33.2 Å². The van der Waals surface area contributed by atoms with Gasteiger partial charge < -0.3 is 9.30 Å². The monoisotopic (exact) mass is 293 g/mol. The van der Waals surface area contributed by atoms with Crippen molar-refractivity contribution in [2.75, 3.05) is 6.61 Å². The number of aromatic nitrogens is 1. The Morgan fingerprint density at radius 2 is 1.95 bits per heavy atom. The molecule has 0 aliphatic rings. The maximum Gasteiger partial charge on any atom is 0.340 e. The van der Waals surface area contributed by atoms with Gasteiger partial charge in [-0.2, -0.15) is 0 Å². The normalized spacial score (nSPS) is 11.0. The van der Waals surface area contributed by atoms with Crippen molar-refractivity contribution >= 4 is 5.97 Å². The highest BCUT2D eigenvalue weighted by Gasteiger charge is 2.17. The molecule has 0 aromatic carbocycles. The zero-order valence-electron chi connectivity index (χ0n) is 13.9. The Balaban J connectivity index is 2.96. The smallest absolute Gasteiger partial charge is 0.340 e. The van der Waals surface area contributed by atoms with Gasteiger partial charge in [-0.1, -0.05) is 26.7 Å². The second-order valence-corrected chi connectivity index (χ2v) is 5.89. The minimum Gasteiger partial charge on any atom is -0.462 e. The van der Waals surface area contributed by atoms with Crippen molar-refractivity contribution in [1.29, 1.82) is 0 Å². The fraction of sp³-hybridized carbons (Fsp3) is 0.647. The molecule has 0 fully saturated rings. The number of carbonyl (C=O) groups excluding carboxylic acids is 1. The maximum atomic E-state index is 12.1. The van der Waals surface area contributed by atoms with Crippen LogP contribution in [0.1, 0.15) is 61.6 Å². The van der Waals surface area contributed by atoms with Gasteiger partial charge in [-0.25, -0.2) is 4.79 Å². The number of hydrogen-bond acceptors (Lipinski definition) is 3. The van der Waals surface area contributed by atoms with Crippen LogP contribution in [0.5, 0.6) is 0 Å².